The number of urea groups is 1. The van der Waals surface area contributed by atoms with Crippen LogP contribution in [-0.2, 0) is 9.53 Å². The van der Waals surface area contributed by atoms with Gasteiger partial charge in [0.25, 0.3) is 0 Å². The molecular weight excluding hydrogens is 312 g/mol. The lowest BCUT2D eigenvalue weighted by molar-refractivity contribution is -0.131. The number of nitrogens with zero attached hydrogens (tertiary/aromatic N) is 1. The van der Waals surface area contributed by atoms with Crippen LogP contribution in [0.5, 0.6) is 0 Å². The molecule has 8 nitrogen and oxygen atoms in total. The SMILES string of the molecule is CC(C)(C)OC(=O)NCCNC(=O)NC1CC(=O)N(C(C)(C)C)C1. The first-order valence-corrected chi connectivity index (χ1v) is 8.20. The second-order valence-electron chi connectivity index (χ2n) is 7.91. The third-order valence-electron chi connectivity index (χ3n) is 3.35. The summed E-state index contributed by atoms with van der Waals surface area (Å²) < 4.78 is 5.09. The Hall–Kier alpha value is -1.99. The van der Waals surface area contributed by atoms with E-state index in [1.807, 2.05) is 20.8 Å². The first kappa shape index (κ1) is 20.1. The Labute approximate surface area is 143 Å². The average molecular weight is 342 g/mol. The fourth-order valence-corrected chi connectivity index (χ4v) is 2.34. The summed E-state index contributed by atoms with van der Waals surface area (Å²) in [5.41, 5.74) is -0.801. The number of hydrogen-bond donors (Lipinski definition) is 3. The lowest BCUT2D eigenvalue weighted by Gasteiger charge is -2.32. The molecule has 0 aromatic heterocycles. The zero-order valence-corrected chi connectivity index (χ0v) is 15.5. The highest BCUT2D eigenvalue weighted by atomic mass is 16.6. The van der Waals surface area contributed by atoms with Crippen molar-refractivity contribution in [3.05, 3.63) is 0 Å². The molecule has 8 heteroatoms. The van der Waals surface area contributed by atoms with Gasteiger partial charge in [-0.3, -0.25) is 4.79 Å². The molecule has 1 unspecified atom stereocenters. The average Bonchev–Trinajstić information content (AvgIpc) is 2.73. The van der Waals surface area contributed by atoms with Gasteiger partial charge in [-0.1, -0.05) is 0 Å². The van der Waals surface area contributed by atoms with Crippen LogP contribution in [0.15, 0.2) is 0 Å². The molecule has 1 aliphatic rings. The normalized spacial score (nSPS) is 18.3. The molecule has 0 aromatic carbocycles. The number of likely N-dealkylation sites (tertiary alicyclic amines) is 1. The molecule has 0 spiro atoms. The predicted molar refractivity (Wildman–Crippen MR) is 90.6 cm³/mol. The molecule has 0 aromatic rings. The fourth-order valence-electron chi connectivity index (χ4n) is 2.34. The zero-order valence-electron chi connectivity index (χ0n) is 15.5. The maximum absolute atomic E-state index is 12.0. The number of carbonyl (C=O) groups excluding carboxylic acids is 3. The molecule has 1 rings (SSSR count). The van der Waals surface area contributed by atoms with E-state index in [2.05, 4.69) is 16.0 Å². The smallest absolute Gasteiger partial charge is 0.407 e. The highest BCUT2D eigenvalue weighted by molar-refractivity contribution is 5.82. The number of rotatable bonds is 4. The minimum absolute atomic E-state index is 0.0411. The molecule has 24 heavy (non-hydrogen) atoms. The lowest BCUT2D eigenvalue weighted by atomic mass is 10.1. The Balaban J connectivity index is 2.24. The summed E-state index contributed by atoms with van der Waals surface area (Å²) in [5, 5.41) is 7.98. The Bertz CT molecular complexity index is 479. The molecule has 4 amide bonds. The van der Waals surface area contributed by atoms with Crippen molar-refractivity contribution in [3.63, 3.8) is 0 Å². The second-order valence-corrected chi connectivity index (χ2v) is 7.91. The van der Waals surface area contributed by atoms with Crippen molar-refractivity contribution in [1.82, 2.24) is 20.9 Å². The van der Waals surface area contributed by atoms with Crippen LogP contribution >= 0.6 is 0 Å². The van der Waals surface area contributed by atoms with Crippen LogP contribution in [0.3, 0.4) is 0 Å². The van der Waals surface area contributed by atoms with Crippen molar-refractivity contribution in [2.75, 3.05) is 19.6 Å². The number of alkyl carbamates (subject to hydrolysis) is 1. The Morgan fingerprint density at radius 2 is 1.71 bits per heavy atom. The van der Waals surface area contributed by atoms with Gasteiger partial charge in [-0.15, -0.1) is 0 Å². The van der Waals surface area contributed by atoms with Gasteiger partial charge in [0.2, 0.25) is 5.91 Å². The minimum Gasteiger partial charge on any atom is -0.444 e. The van der Waals surface area contributed by atoms with Crippen molar-refractivity contribution >= 4 is 18.0 Å². The summed E-state index contributed by atoms with van der Waals surface area (Å²) in [4.78, 5) is 37.0. The first-order chi connectivity index (χ1) is 10.9. The van der Waals surface area contributed by atoms with Gasteiger partial charge in [-0.25, -0.2) is 9.59 Å². The quantitative estimate of drug-likeness (QED) is 0.669. The van der Waals surface area contributed by atoms with E-state index in [1.165, 1.54) is 0 Å². The number of carbonyl (C=O) groups is 3. The molecule has 0 bridgehead atoms. The van der Waals surface area contributed by atoms with E-state index >= 15 is 0 Å². The molecule has 1 atom stereocenters. The van der Waals surface area contributed by atoms with E-state index in [0.29, 0.717) is 13.0 Å². The van der Waals surface area contributed by atoms with Crippen molar-refractivity contribution in [2.24, 2.45) is 0 Å². The van der Waals surface area contributed by atoms with Crippen molar-refractivity contribution in [1.29, 1.82) is 0 Å². The first-order valence-electron chi connectivity index (χ1n) is 8.20. The summed E-state index contributed by atoms with van der Waals surface area (Å²) >= 11 is 0. The van der Waals surface area contributed by atoms with E-state index in [-0.39, 0.29) is 36.6 Å². The van der Waals surface area contributed by atoms with Crippen LogP contribution < -0.4 is 16.0 Å². The maximum atomic E-state index is 12.0. The molecule has 1 heterocycles. The maximum Gasteiger partial charge on any atom is 0.407 e. The molecule has 138 valence electrons. The van der Waals surface area contributed by atoms with Gasteiger partial charge < -0.3 is 25.6 Å². The highest BCUT2D eigenvalue weighted by Crippen LogP contribution is 2.21. The number of nitrogens with one attached hydrogen (secondary N) is 3. The van der Waals surface area contributed by atoms with Gasteiger partial charge >= 0.3 is 12.1 Å². The topological polar surface area (TPSA) is 99.8 Å². The van der Waals surface area contributed by atoms with Crippen LogP contribution in [-0.4, -0.2) is 59.7 Å². The molecule has 0 aliphatic carbocycles. The van der Waals surface area contributed by atoms with Crippen LogP contribution in [0.1, 0.15) is 48.0 Å². The van der Waals surface area contributed by atoms with Gasteiger partial charge in [-0.2, -0.15) is 0 Å². The van der Waals surface area contributed by atoms with Crippen molar-refractivity contribution < 1.29 is 19.1 Å². The molecule has 1 aliphatic heterocycles. The van der Waals surface area contributed by atoms with Crippen LogP contribution in [0.25, 0.3) is 0 Å². The number of ether oxygens (including phenoxy) is 1. The van der Waals surface area contributed by atoms with Gasteiger partial charge in [0.05, 0.1) is 6.04 Å². The zero-order chi connectivity index (χ0) is 18.5. The van der Waals surface area contributed by atoms with Gasteiger partial charge in [0.15, 0.2) is 0 Å². The van der Waals surface area contributed by atoms with E-state index in [9.17, 15) is 14.4 Å². The summed E-state index contributed by atoms with van der Waals surface area (Å²) in [6.45, 7) is 12.3. The lowest BCUT2D eigenvalue weighted by Crippen LogP contribution is -2.47. The van der Waals surface area contributed by atoms with Crippen LogP contribution in [0.2, 0.25) is 0 Å². The molecular formula is C16H30N4O4. The van der Waals surface area contributed by atoms with E-state index in [0.717, 1.165) is 0 Å². The van der Waals surface area contributed by atoms with Crippen LogP contribution in [0, 0.1) is 0 Å². The summed E-state index contributed by atoms with van der Waals surface area (Å²) in [5.74, 6) is 0.0411. The van der Waals surface area contributed by atoms with E-state index in [4.69, 9.17) is 4.74 Å². The number of amides is 4. The summed E-state index contributed by atoms with van der Waals surface area (Å²) in [6, 6.07) is -0.551. The summed E-state index contributed by atoms with van der Waals surface area (Å²) in [7, 11) is 0. The standard InChI is InChI=1S/C16H30N4O4/c1-15(2,3)20-10-11(9-12(20)21)19-13(22)17-7-8-18-14(23)24-16(4,5)6/h11H,7-10H2,1-6H3,(H,18,23)(H2,17,19,22). The Morgan fingerprint density at radius 3 is 2.21 bits per heavy atom. The summed E-state index contributed by atoms with van der Waals surface area (Å²) in [6.07, 6.45) is -0.215. The van der Waals surface area contributed by atoms with E-state index in [1.54, 1.807) is 25.7 Å². The van der Waals surface area contributed by atoms with Crippen LogP contribution in [0.4, 0.5) is 9.59 Å². The third-order valence-corrected chi connectivity index (χ3v) is 3.35. The van der Waals surface area contributed by atoms with Gasteiger partial charge in [0.1, 0.15) is 5.60 Å². The van der Waals surface area contributed by atoms with E-state index < -0.39 is 11.7 Å². The van der Waals surface area contributed by atoms with Gasteiger partial charge in [-0.05, 0) is 41.5 Å². The van der Waals surface area contributed by atoms with Crippen molar-refractivity contribution in [3.8, 4) is 0 Å². The molecule has 0 radical (unpaired) electrons. The minimum atomic E-state index is -0.553. The largest absolute Gasteiger partial charge is 0.444 e. The second kappa shape index (κ2) is 7.72. The Kier molecular flexibility index (Phi) is 6.45. The third kappa shape index (κ3) is 7.06. The molecule has 3 N–H and O–H groups in total. The fraction of sp³-hybridized carbons (Fsp3) is 0.812. The number of hydrogen-bond acceptors (Lipinski definition) is 4. The Morgan fingerprint density at radius 1 is 1.12 bits per heavy atom. The van der Waals surface area contributed by atoms with Crippen molar-refractivity contribution in [2.45, 2.75) is 65.1 Å². The predicted octanol–water partition coefficient (Wildman–Crippen LogP) is 1.21. The monoisotopic (exact) mass is 342 g/mol. The molecule has 1 saturated heterocycles. The molecule has 1 fully saturated rings. The molecule has 0 saturated carbocycles. The van der Waals surface area contributed by atoms with Gasteiger partial charge in [0, 0.05) is 31.6 Å². The highest BCUT2D eigenvalue weighted by Gasteiger charge is 2.36.